The molecule has 0 saturated carbocycles. The lowest BCUT2D eigenvalue weighted by atomic mass is 10.2. The molecule has 142 valence electrons. The van der Waals surface area contributed by atoms with Crippen molar-refractivity contribution in [3.05, 3.63) is 42.3 Å². The van der Waals surface area contributed by atoms with Crippen LogP contribution in [0, 0.1) is 0 Å². The summed E-state index contributed by atoms with van der Waals surface area (Å²) in [7, 11) is 0. The number of nitrogens with zero attached hydrogens (tertiary/aromatic N) is 2. The number of aromatic nitrogens is 2. The Morgan fingerprint density at radius 1 is 1.22 bits per heavy atom. The van der Waals surface area contributed by atoms with Crippen LogP contribution in [-0.2, 0) is 4.79 Å². The van der Waals surface area contributed by atoms with Gasteiger partial charge in [0, 0.05) is 24.7 Å². The second-order valence-electron chi connectivity index (χ2n) is 6.45. The van der Waals surface area contributed by atoms with Crippen molar-refractivity contribution in [1.82, 2.24) is 15.5 Å². The Labute approximate surface area is 161 Å². The highest BCUT2D eigenvalue weighted by Gasteiger charge is 2.16. The number of hydrogen-bond acceptors (Lipinski definition) is 7. The van der Waals surface area contributed by atoms with Crippen LogP contribution in [0.4, 0.5) is 5.69 Å². The van der Waals surface area contributed by atoms with Crippen molar-refractivity contribution in [3.63, 3.8) is 0 Å². The second-order valence-corrected chi connectivity index (χ2v) is 7.45. The third-order valence-electron chi connectivity index (χ3n) is 3.63. The van der Waals surface area contributed by atoms with Gasteiger partial charge in [-0.3, -0.25) is 4.79 Å². The van der Waals surface area contributed by atoms with Gasteiger partial charge in [-0.2, -0.15) is 0 Å². The number of thiazole rings is 1. The van der Waals surface area contributed by atoms with E-state index >= 15 is 0 Å². The summed E-state index contributed by atoms with van der Waals surface area (Å²) in [5.41, 5.74) is 1.70. The molecule has 0 aliphatic carbocycles. The molecule has 0 spiro atoms. The quantitative estimate of drug-likeness (QED) is 0.616. The number of hydrogen-bond donors (Lipinski definition) is 2. The molecule has 2 N–H and O–H groups in total. The predicted molar refractivity (Wildman–Crippen MR) is 105 cm³/mol. The molecule has 0 fully saturated rings. The molecule has 0 saturated heterocycles. The van der Waals surface area contributed by atoms with Crippen molar-refractivity contribution < 1.29 is 14.1 Å². The van der Waals surface area contributed by atoms with Gasteiger partial charge in [-0.05, 0) is 45.0 Å². The maximum absolute atomic E-state index is 11.2. The smallest absolute Gasteiger partial charge is 0.279 e. The monoisotopic (exact) mass is 386 g/mol. The minimum Gasteiger partial charge on any atom is -0.431 e. The molecule has 2 heterocycles. The standard InChI is InChI=1S/C19H22N4O3S/c1-11(2)21-14-5-7-15(8-6-14)25-19-20-10-18(27-19)16-9-17(26-23-16)12(3)22-13(4)24/h5-12,21H,1-4H3,(H,22,24). The van der Waals surface area contributed by atoms with Crippen LogP contribution >= 0.6 is 11.3 Å². The van der Waals surface area contributed by atoms with Crippen molar-refractivity contribution in [1.29, 1.82) is 0 Å². The third kappa shape index (κ3) is 5.07. The van der Waals surface area contributed by atoms with Gasteiger partial charge in [-0.1, -0.05) is 16.5 Å². The van der Waals surface area contributed by atoms with E-state index in [2.05, 4.69) is 34.6 Å². The van der Waals surface area contributed by atoms with Gasteiger partial charge in [0.25, 0.3) is 5.19 Å². The van der Waals surface area contributed by atoms with Crippen molar-refractivity contribution >= 4 is 22.9 Å². The number of anilines is 1. The molecule has 3 rings (SSSR count). The number of carbonyl (C=O) groups is 1. The van der Waals surface area contributed by atoms with Gasteiger partial charge < -0.3 is 19.9 Å². The van der Waals surface area contributed by atoms with Crippen LogP contribution in [0.25, 0.3) is 10.6 Å². The maximum Gasteiger partial charge on any atom is 0.279 e. The fourth-order valence-corrected chi connectivity index (χ4v) is 3.20. The van der Waals surface area contributed by atoms with Crippen LogP contribution in [0.1, 0.15) is 39.5 Å². The van der Waals surface area contributed by atoms with Crippen LogP contribution in [0.5, 0.6) is 10.9 Å². The first kappa shape index (κ1) is 18.9. The van der Waals surface area contributed by atoms with E-state index in [9.17, 15) is 4.79 Å². The van der Waals surface area contributed by atoms with Crippen LogP contribution in [0.3, 0.4) is 0 Å². The molecule has 0 aliphatic heterocycles. The first-order chi connectivity index (χ1) is 12.9. The minimum atomic E-state index is -0.245. The Hall–Kier alpha value is -2.87. The first-order valence-electron chi connectivity index (χ1n) is 8.65. The van der Waals surface area contributed by atoms with E-state index in [0.717, 1.165) is 10.6 Å². The van der Waals surface area contributed by atoms with E-state index in [1.807, 2.05) is 31.2 Å². The molecule has 1 unspecified atom stereocenters. The summed E-state index contributed by atoms with van der Waals surface area (Å²) < 4.78 is 11.1. The molecular weight excluding hydrogens is 364 g/mol. The Bertz CT molecular complexity index is 902. The van der Waals surface area contributed by atoms with E-state index in [4.69, 9.17) is 9.26 Å². The lowest BCUT2D eigenvalue weighted by Gasteiger charge is -2.10. The third-order valence-corrected chi connectivity index (χ3v) is 4.52. The molecule has 0 aliphatic rings. The lowest BCUT2D eigenvalue weighted by Crippen LogP contribution is -2.23. The fraction of sp³-hybridized carbons (Fsp3) is 0.316. The van der Waals surface area contributed by atoms with Gasteiger partial charge in [-0.25, -0.2) is 4.98 Å². The van der Waals surface area contributed by atoms with E-state index in [1.165, 1.54) is 18.3 Å². The molecule has 1 aromatic carbocycles. The summed E-state index contributed by atoms with van der Waals surface area (Å²) in [6.07, 6.45) is 1.69. The molecule has 3 aromatic rings. The van der Waals surface area contributed by atoms with Gasteiger partial charge in [0.05, 0.1) is 17.1 Å². The van der Waals surface area contributed by atoms with E-state index in [-0.39, 0.29) is 11.9 Å². The van der Waals surface area contributed by atoms with E-state index < -0.39 is 0 Å². The number of carbonyl (C=O) groups excluding carboxylic acids is 1. The molecule has 27 heavy (non-hydrogen) atoms. The van der Waals surface area contributed by atoms with Crippen molar-refractivity contribution in [2.45, 2.75) is 39.8 Å². The summed E-state index contributed by atoms with van der Waals surface area (Å²) in [5, 5.41) is 10.7. The highest BCUT2D eigenvalue weighted by Crippen LogP contribution is 2.33. The normalized spacial score (nSPS) is 12.0. The molecule has 8 heteroatoms. The Kier molecular flexibility index (Phi) is 5.75. The first-order valence-corrected chi connectivity index (χ1v) is 9.46. The van der Waals surface area contributed by atoms with Gasteiger partial charge in [0.15, 0.2) is 5.76 Å². The number of benzene rings is 1. The number of nitrogens with one attached hydrogen (secondary N) is 2. The summed E-state index contributed by atoms with van der Waals surface area (Å²) in [6.45, 7) is 7.48. The van der Waals surface area contributed by atoms with E-state index in [0.29, 0.717) is 28.4 Å². The van der Waals surface area contributed by atoms with Crippen LogP contribution in [0.15, 0.2) is 41.1 Å². The number of ether oxygens (including phenoxy) is 1. The second kappa shape index (κ2) is 8.22. The Morgan fingerprint density at radius 2 is 1.96 bits per heavy atom. The molecule has 0 bridgehead atoms. The van der Waals surface area contributed by atoms with Crippen LogP contribution in [0.2, 0.25) is 0 Å². The Balaban J connectivity index is 1.66. The minimum absolute atomic E-state index is 0.122. The fourth-order valence-electron chi connectivity index (χ4n) is 2.46. The maximum atomic E-state index is 11.2. The average Bonchev–Trinajstić information content (AvgIpc) is 3.25. The zero-order chi connectivity index (χ0) is 19.4. The van der Waals surface area contributed by atoms with Gasteiger partial charge in [0.2, 0.25) is 5.91 Å². The lowest BCUT2D eigenvalue weighted by molar-refractivity contribution is -0.119. The Morgan fingerprint density at radius 3 is 2.63 bits per heavy atom. The van der Waals surface area contributed by atoms with E-state index in [1.54, 1.807) is 12.3 Å². The molecule has 1 atom stereocenters. The molecule has 7 nitrogen and oxygen atoms in total. The van der Waals surface area contributed by atoms with Crippen LogP contribution < -0.4 is 15.4 Å². The SMILES string of the molecule is CC(=O)NC(C)c1cc(-c2cnc(Oc3ccc(NC(C)C)cc3)s2)no1. The molecular formula is C19H22N4O3S. The highest BCUT2D eigenvalue weighted by molar-refractivity contribution is 7.16. The van der Waals surface area contributed by atoms with Crippen LogP contribution in [-0.4, -0.2) is 22.1 Å². The van der Waals surface area contributed by atoms with Crippen molar-refractivity contribution in [2.24, 2.45) is 0 Å². The summed E-state index contributed by atoms with van der Waals surface area (Å²) in [5.74, 6) is 1.18. The average molecular weight is 386 g/mol. The number of rotatable bonds is 7. The van der Waals surface area contributed by atoms with Crippen molar-refractivity contribution in [3.8, 4) is 21.5 Å². The largest absolute Gasteiger partial charge is 0.431 e. The summed E-state index contributed by atoms with van der Waals surface area (Å²) in [4.78, 5) is 16.3. The molecule has 1 amide bonds. The summed E-state index contributed by atoms with van der Waals surface area (Å²) >= 11 is 1.38. The molecule has 2 aromatic heterocycles. The zero-order valence-electron chi connectivity index (χ0n) is 15.6. The molecule has 0 radical (unpaired) electrons. The number of amides is 1. The van der Waals surface area contributed by atoms with Gasteiger partial charge >= 0.3 is 0 Å². The predicted octanol–water partition coefficient (Wildman–Crippen LogP) is 4.61. The summed E-state index contributed by atoms with van der Waals surface area (Å²) in [6, 6.07) is 9.66. The van der Waals surface area contributed by atoms with Gasteiger partial charge in [0.1, 0.15) is 11.4 Å². The zero-order valence-corrected chi connectivity index (χ0v) is 16.5. The topological polar surface area (TPSA) is 89.3 Å². The van der Waals surface area contributed by atoms with Crippen molar-refractivity contribution in [2.75, 3.05) is 5.32 Å². The van der Waals surface area contributed by atoms with Gasteiger partial charge in [-0.15, -0.1) is 0 Å². The highest BCUT2D eigenvalue weighted by atomic mass is 32.1.